The van der Waals surface area contributed by atoms with Gasteiger partial charge in [0.25, 0.3) is 0 Å². The number of carbonyl (C=O) groups is 3. The van der Waals surface area contributed by atoms with E-state index in [9.17, 15) is 14.4 Å². The van der Waals surface area contributed by atoms with Crippen LogP contribution in [0.4, 0.5) is 5.69 Å². The van der Waals surface area contributed by atoms with Gasteiger partial charge in [0.05, 0.1) is 11.6 Å². The van der Waals surface area contributed by atoms with Crippen LogP contribution in [0.25, 0.3) is 10.8 Å². The molecule has 0 aromatic heterocycles. The van der Waals surface area contributed by atoms with Crippen molar-refractivity contribution in [3.63, 3.8) is 0 Å². The largest absolute Gasteiger partial charge is 0.454 e. The Hall–Kier alpha value is -3.47. The summed E-state index contributed by atoms with van der Waals surface area (Å²) in [6, 6.07) is 22.3. The van der Waals surface area contributed by atoms with Crippen LogP contribution in [0.5, 0.6) is 0 Å². The summed E-state index contributed by atoms with van der Waals surface area (Å²) in [6.45, 7) is 1.81. The van der Waals surface area contributed by atoms with Crippen molar-refractivity contribution in [2.24, 2.45) is 5.92 Å². The summed E-state index contributed by atoms with van der Waals surface area (Å²) >= 11 is 0. The molecule has 1 amide bonds. The number of benzene rings is 3. The van der Waals surface area contributed by atoms with E-state index in [0.717, 1.165) is 16.5 Å². The second-order valence-corrected chi connectivity index (χ2v) is 7.21. The molecule has 1 heterocycles. The molecule has 146 valence electrons. The topological polar surface area (TPSA) is 63.7 Å². The number of rotatable bonds is 5. The Morgan fingerprint density at radius 3 is 2.45 bits per heavy atom. The number of hydrogen-bond acceptors (Lipinski definition) is 4. The maximum Gasteiger partial charge on any atom is 0.312 e. The maximum absolute atomic E-state index is 12.6. The van der Waals surface area contributed by atoms with Crippen molar-refractivity contribution in [1.29, 1.82) is 0 Å². The lowest BCUT2D eigenvalue weighted by Gasteiger charge is -2.19. The number of hydrogen-bond donors (Lipinski definition) is 0. The third-order valence-corrected chi connectivity index (χ3v) is 5.24. The molecule has 1 aliphatic rings. The molecule has 3 aromatic carbocycles. The average Bonchev–Trinajstić information content (AvgIpc) is 3.15. The minimum absolute atomic E-state index is 0.0777. The zero-order chi connectivity index (χ0) is 20.4. The van der Waals surface area contributed by atoms with Crippen LogP contribution in [-0.4, -0.2) is 30.3 Å². The fourth-order valence-corrected chi connectivity index (χ4v) is 3.70. The number of ketones is 1. The van der Waals surface area contributed by atoms with Crippen LogP contribution in [0.1, 0.15) is 23.7 Å². The molecule has 29 heavy (non-hydrogen) atoms. The summed E-state index contributed by atoms with van der Waals surface area (Å²) in [5.74, 6) is -1.48. The number of fused-ring (bicyclic) bond motifs is 1. The first-order valence-electron chi connectivity index (χ1n) is 9.62. The van der Waals surface area contributed by atoms with Crippen molar-refractivity contribution in [3.05, 3.63) is 78.4 Å². The molecule has 0 saturated carbocycles. The minimum atomic E-state index is -0.897. The summed E-state index contributed by atoms with van der Waals surface area (Å²) in [7, 11) is 0. The SMILES string of the molecule is CC(OC(=O)C1CC(=O)N(c2cccc3ccccc23)C1)C(=O)c1ccccc1. The van der Waals surface area contributed by atoms with Crippen molar-refractivity contribution in [1.82, 2.24) is 0 Å². The van der Waals surface area contributed by atoms with Gasteiger partial charge in [0.2, 0.25) is 11.7 Å². The lowest BCUT2D eigenvalue weighted by Crippen LogP contribution is -2.30. The predicted octanol–water partition coefficient (Wildman–Crippen LogP) is 4.01. The zero-order valence-corrected chi connectivity index (χ0v) is 16.1. The minimum Gasteiger partial charge on any atom is -0.454 e. The first kappa shape index (κ1) is 18.9. The summed E-state index contributed by atoms with van der Waals surface area (Å²) in [5.41, 5.74) is 1.28. The molecule has 2 unspecified atom stereocenters. The van der Waals surface area contributed by atoms with Crippen LogP contribution in [-0.2, 0) is 14.3 Å². The number of ether oxygens (including phenoxy) is 1. The molecule has 0 spiro atoms. The van der Waals surface area contributed by atoms with Crippen LogP contribution >= 0.6 is 0 Å². The number of esters is 1. The molecule has 1 aliphatic heterocycles. The number of nitrogens with zero attached hydrogens (tertiary/aromatic N) is 1. The van der Waals surface area contributed by atoms with Crippen molar-refractivity contribution in [2.45, 2.75) is 19.4 Å². The molecule has 0 aliphatic carbocycles. The van der Waals surface area contributed by atoms with E-state index in [1.54, 1.807) is 36.1 Å². The molecule has 1 saturated heterocycles. The van der Waals surface area contributed by atoms with E-state index < -0.39 is 18.0 Å². The van der Waals surface area contributed by atoms with Gasteiger partial charge in [0.15, 0.2) is 6.10 Å². The van der Waals surface area contributed by atoms with Crippen LogP contribution in [0.15, 0.2) is 72.8 Å². The molecule has 4 rings (SSSR count). The highest BCUT2D eigenvalue weighted by molar-refractivity contribution is 6.07. The number of amides is 1. The van der Waals surface area contributed by atoms with E-state index in [-0.39, 0.29) is 24.7 Å². The molecule has 2 atom stereocenters. The van der Waals surface area contributed by atoms with Crippen molar-refractivity contribution in [2.75, 3.05) is 11.4 Å². The summed E-state index contributed by atoms with van der Waals surface area (Å²) in [6.07, 6.45) is -0.819. The van der Waals surface area contributed by atoms with Gasteiger partial charge in [-0.1, -0.05) is 66.7 Å². The highest BCUT2D eigenvalue weighted by Gasteiger charge is 2.37. The Balaban J connectivity index is 1.47. The van der Waals surface area contributed by atoms with Crippen molar-refractivity contribution < 1.29 is 19.1 Å². The Morgan fingerprint density at radius 2 is 1.66 bits per heavy atom. The van der Waals surface area contributed by atoms with Gasteiger partial charge in [0, 0.05) is 23.9 Å². The summed E-state index contributed by atoms with van der Waals surface area (Å²) in [5, 5.41) is 2.00. The molecule has 1 fully saturated rings. The summed E-state index contributed by atoms with van der Waals surface area (Å²) in [4.78, 5) is 39.3. The molecule has 5 nitrogen and oxygen atoms in total. The van der Waals surface area contributed by atoms with Crippen LogP contribution in [0.3, 0.4) is 0 Å². The van der Waals surface area contributed by atoms with Gasteiger partial charge in [-0.25, -0.2) is 0 Å². The summed E-state index contributed by atoms with van der Waals surface area (Å²) < 4.78 is 5.40. The van der Waals surface area contributed by atoms with Gasteiger partial charge < -0.3 is 9.64 Å². The number of Topliss-reactive ketones (excluding diaryl/α,β-unsaturated/α-hetero) is 1. The van der Waals surface area contributed by atoms with Crippen LogP contribution in [0, 0.1) is 5.92 Å². The third-order valence-electron chi connectivity index (χ3n) is 5.24. The lowest BCUT2D eigenvalue weighted by molar-refractivity contribution is -0.151. The first-order chi connectivity index (χ1) is 14.0. The Labute approximate surface area is 168 Å². The standard InChI is InChI=1S/C24H21NO4/c1-16(23(27)18-9-3-2-4-10-18)29-24(28)19-14-22(26)25(15-19)21-13-7-11-17-8-5-6-12-20(17)21/h2-13,16,19H,14-15H2,1H3. The van der Waals surface area contributed by atoms with Gasteiger partial charge in [-0.15, -0.1) is 0 Å². The molecular formula is C24H21NO4. The zero-order valence-electron chi connectivity index (χ0n) is 16.1. The fourth-order valence-electron chi connectivity index (χ4n) is 3.70. The molecule has 0 N–H and O–H groups in total. The second kappa shape index (κ2) is 7.87. The van der Waals surface area contributed by atoms with Crippen molar-refractivity contribution >= 4 is 34.1 Å². The van der Waals surface area contributed by atoms with E-state index in [1.165, 1.54) is 0 Å². The smallest absolute Gasteiger partial charge is 0.312 e. The quantitative estimate of drug-likeness (QED) is 0.490. The first-order valence-corrected chi connectivity index (χ1v) is 9.62. The van der Waals surface area contributed by atoms with Gasteiger partial charge in [-0.3, -0.25) is 14.4 Å². The van der Waals surface area contributed by atoms with Gasteiger partial charge in [-0.2, -0.15) is 0 Å². The number of anilines is 1. The predicted molar refractivity (Wildman–Crippen MR) is 111 cm³/mol. The van der Waals surface area contributed by atoms with Gasteiger partial charge in [-0.05, 0) is 18.4 Å². The average molecular weight is 387 g/mol. The third kappa shape index (κ3) is 3.76. The molecule has 0 radical (unpaired) electrons. The van der Waals surface area contributed by atoms with Gasteiger partial charge in [0.1, 0.15) is 0 Å². The van der Waals surface area contributed by atoms with Crippen LogP contribution < -0.4 is 4.90 Å². The van der Waals surface area contributed by atoms with E-state index in [4.69, 9.17) is 4.74 Å². The van der Waals surface area contributed by atoms with Crippen molar-refractivity contribution in [3.8, 4) is 0 Å². The Bertz CT molecular complexity index is 1070. The molecule has 3 aromatic rings. The number of carbonyl (C=O) groups excluding carboxylic acids is 3. The van der Waals surface area contributed by atoms with Gasteiger partial charge >= 0.3 is 5.97 Å². The van der Waals surface area contributed by atoms with E-state index in [0.29, 0.717) is 5.56 Å². The molecular weight excluding hydrogens is 366 g/mol. The van der Waals surface area contributed by atoms with E-state index >= 15 is 0 Å². The van der Waals surface area contributed by atoms with E-state index in [1.807, 2.05) is 48.5 Å². The molecule has 5 heteroatoms. The highest BCUT2D eigenvalue weighted by Crippen LogP contribution is 2.32. The fraction of sp³-hybridized carbons (Fsp3) is 0.208. The molecule has 0 bridgehead atoms. The highest BCUT2D eigenvalue weighted by atomic mass is 16.5. The van der Waals surface area contributed by atoms with E-state index in [2.05, 4.69) is 0 Å². The normalized spacial score (nSPS) is 17.3. The monoisotopic (exact) mass is 387 g/mol. The Morgan fingerprint density at radius 1 is 0.966 bits per heavy atom. The Kier molecular flexibility index (Phi) is 5.12. The lowest BCUT2D eigenvalue weighted by atomic mass is 10.1. The second-order valence-electron chi connectivity index (χ2n) is 7.21. The van der Waals surface area contributed by atoms with Crippen LogP contribution in [0.2, 0.25) is 0 Å². The maximum atomic E-state index is 12.6.